The van der Waals surface area contributed by atoms with Crippen LogP contribution in [-0.2, 0) is 11.3 Å². The maximum absolute atomic E-state index is 11.4. The van der Waals surface area contributed by atoms with E-state index in [1.54, 1.807) is 0 Å². The minimum absolute atomic E-state index is 0. The Kier molecular flexibility index (Phi) is 12.7. The molecule has 170 valence electrons. The summed E-state index contributed by atoms with van der Waals surface area (Å²) in [5.41, 5.74) is 6.56. The second kappa shape index (κ2) is 14.4. The van der Waals surface area contributed by atoms with Crippen LogP contribution in [0.5, 0.6) is 0 Å². The van der Waals surface area contributed by atoms with Gasteiger partial charge >= 0.3 is 0 Å². The molecule has 2 heterocycles. The van der Waals surface area contributed by atoms with E-state index >= 15 is 0 Å². The summed E-state index contributed by atoms with van der Waals surface area (Å²) in [7, 11) is 0. The molecule has 7 nitrogen and oxygen atoms in total. The summed E-state index contributed by atoms with van der Waals surface area (Å²) in [6, 6.07) is 4.43. The fraction of sp³-hybridized carbons (Fsp3) is 0.682. The highest BCUT2D eigenvalue weighted by molar-refractivity contribution is 14.0. The Bertz CT molecular complexity index is 661. The van der Waals surface area contributed by atoms with E-state index in [-0.39, 0.29) is 35.8 Å². The van der Waals surface area contributed by atoms with Gasteiger partial charge in [-0.15, -0.1) is 24.0 Å². The number of nitrogens with zero attached hydrogens (tertiary/aromatic N) is 3. The van der Waals surface area contributed by atoms with Crippen molar-refractivity contribution in [1.82, 2.24) is 15.6 Å². The lowest BCUT2D eigenvalue weighted by Crippen LogP contribution is -2.42. The molecule has 0 radical (unpaired) electrons. The molecule has 1 atom stereocenters. The Labute approximate surface area is 198 Å². The summed E-state index contributed by atoms with van der Waals surface area (Å²) in [5, 5.41) is 6.86. The number of carbonyl (C=O) groups is 1. The lowest BCUT2D eigenvalue weighted by molar-refractivity contribution is -0.122. The molecule has 1 unspecified atom stereocenters. The summed E-state index contributed by atoms with van der Waals surface area (Å²) in [6.07, 6.45) is 8.28. The van der Waals surface area contributed by atoms with Crippen LogP contribution in [-0.4, -0.2) is 42.5 Å². The number of anilines is 1. The number of nitrogens with two attached hydrogens (primary N) is 1. The fourth-order valence-electron chi connectivity index (χ4n) is 3.70. The molecule has 1 aliphatic rings. The van der Waals surface area contributed by atoms with Crippen LogP contribution in [0.3, 0.4) is 0 Å². The van der Waals surface area contributed by atoms with Crippen LogP contribution in [0.25, 0.3) is 0 Å². The van der Waals surface area contributed by atoms with Gasteiger partial charge in [-0.1, -0.05) is 32.3 Å². The molecule has 0 aliphatic carbocycles. The Morgan fingerprint density at radius 2 is 2.07 bits per heavy atom. The molecule has 30 heavy (non-hydrogen) atoms. The van der Waals surface area contributed by atoms with Crippen LogP contribution in [0.4, 0.5) is 5.82 Å². The highest BCUT2D eigenvalue weighted by atomic mass is 127. The topological polar surface area (TPSA) is 95.6 Å². The van der Waals surface area contributed by atoms with Crippen molar-refractivity contribution in [1.29, 1.82) is 0 Å². The summed E-state index contributed by atoms with van der Waals surface area (Å²) < 4.78 is 0. The number of hydrogen-bond donors (Lipinski definition) is 3. The van der Waals surface area contributed by atoms with E-state index in [0.717, 1.165) is 56.2 Å². The van der Waals surface area contributed by atoms with Gasteiger partial charge in [0, 0.05) is 43.4 Å². The van der Waals surface area contributed by atoms with Crippen molar-refractivity contribution in [3.8, 4) is 0 Å². The van der Waals surface area contributed by atoms with Crippen LogP contribution in [0, 0.1) is 5.92 Å². The smallest absolute Gasteiger partial charge is 0.220 e. The zero-order valence-electron chi connectivity index (χ0n) is 18.7. The van der Waals surface area contributed by atoms with Gasteiger partial charge < -0.3 is 21.3 Å². The summed E-state index contributed by atoms with van der Waals surface area (Å²) in [4.78, 5) is 23.1. The molecule has 4 N–H and O–H groups in total. The predicted octanol–water partition coefficient (Wildman–Crippen LogP) is 3.43. The first-order chi connectivity index (χ1) is 14.0. The maximum atomic E-state index is 11.4. The van der Waals surface area contributed by atoms with Gasteiger partial charge in [0.1, 0.15) is 5.82 Å². The van der Waals surface area contributed by atoms with Crippen LogP contribution >= 0.6 is 24.0 Å². The quantitative estimate of drug-likeness (QED) is 0.187. The Balaban J connectivity index is 0.00000450. The number of amides is 1. The molecule has 1 aromatic rings. The van der Waals surface area contributed by atoms with Crippen LogP contribution in [0.1, 0.15) is 64.9 Å². The van der Waals surface area contributed by atoms with Crippen molar-refractivity contribution < 1.29 is 4.79 Å². The van der Waals surface area contributed by atoms with Crippen molar-refractivity contribution in [2.45, 2.75) is 71.9 Å². The Hall–Kier alpha value is -1.58. The lowest BCUT2D eigenvalue weighted by Gasteiger charge is -2.32. The molecular weight excluding hydrogens is 491 g/mol. The molecule has 0 aromatic carbocycles. The predicted molar refractivity (Wildman–Crippen MR) is 135 cm³/mol. The van der Waals surface area contributed by atoms with Crippen LogP contribution in [0.2, 0.25) is 0 Å². The van der Waals surface area contributed by atoms with E-state index in [1.807, 2.05) is 12.3 Å². The van der Waals surface area contributed by atoms with E-state index in [1.165, 1.54) is 19.3 Å². The zero-order chi connectivity index (χ0) is 21.1. The summed E-state index contributed by atoms with van der Waals surface area (Å²) in [5.74, 6) is 1.60. The van der Waals surface area contributed by atoms with Crippen molar-refractivity contribution >= 4 is 41.7 Å². The number of pyridine rings is 1. The van der Waals surface area contributed by atoms with Gasteiger partial charge in [0.2, 0.25) is 5.91 Å². The van der Waals surface area contributed by atoms with Crippen molar-refractivity contribution in [2.75, 3.05) is 24.5 Å². The highest BCUT2D eigenvalue weighted by Gasteiger charge is 2.24. The van der Waals surface area contributed by atoms with E-state index in [2.05, 4.69) is 47.4 Å². The van der Waals surface area contributed by atoms with Crippen molar-refractivity contribution in [3.63, 3.8) is 0 Å². The van der Waals surface area contributed by atoms with Crippen molar-refractivity contribution in [2.24, 2.45) is 16.6 Å². The summed E-state index contributed by atoms with van der Waals surface area (Å²) in [6.45, 7) is 9.51. The number of guanidine groups is 1. The second-order valence-electron chi connectivity index (χ2n) is 7.89. The molecule has 0 bridgehead atoms. The molecule has 1 aliphatic heterocycles. The molecule has 1 amide bonds. The number of carbonyl (C=O) groups excluding carboxylic acids is 1. The van der Waals surface area contributed by atoms with Gasteiger partial charge in [0.15, 0.2) is 5.96 Å². The molecule has 0 saturated carbocycles. The first kappa shape index (κ1) is 26.5. The molecular formula is C22H39IN6O. The normalized spacial score (nSPS) is 16.0. The number of aromatic nitrogens is 1. The number of aliphatic imine (C=N–C) groups is 1. The van der Waals surface area contributed by atoms with Gasteiger partial charge in [0.05, 0.1) is 6.54 Å². The van der Waals surface area contributed by atoms with Crippen LogP contribution in [0.15, 0.2) is 23.3 Å². The monoisotopic (exact) mass is 530 g/mol. The number of piperidine rings is 1. The molecule has 1 fully saturated rings. The summed E-state index contributed by atoms with van der Waals surface area (Å²) >= 11 is 0. The first-order valence-corrected chi connectivity index (χ1v) is 11.1. The average molecular weight is 530 g/mol. The minimum atomic E-state index is -0.190. The minimum Gasteiger partial charge on any atom is -0.369 e. The number of primary amides is 1. The number of halogens is 1. The third kappa shape index (κ3) is 8.65. The van der Waals surface area contributed by atoms with E-state index in [9.17, 15) is 4.79 Å². The van der Waals surface area contributed by atoms with Gasteiger partial charge in [0.25, 0.3) is 0 Å². The van der Waals surface area contributed by atoms with Gasteiger partial charge in [-0.3, -0.25) is 4.79 Å². The Morgan fingerprint density at radius 3 is 2.70 bits per heavy atom. The number of rotatable bonds is 10. The van der Waals surface area contributed by atoms with E-state index in [0.29, 0.717) is 12.6 Å². The zero-order valence-corrected chi connectivity index (χ0v) is 21.0. The number of nitrogens with one attached hydrogen (secondary N) is 2. The third-order valence-corrected chi connectivity index (χ3v) is 5.44. The standard InChI is InChI=1S/C22H38N6O.HI/c1-4-6-7-9-17(3)27-22(24-5-2)26-16-19-10-8-13-25-21(19)28-14-11-18(12-15-28)20(23)29;/h8,10,13,17-18H,4-7,9,11-12,14-16H2,1-3H3,(H2,23,29)(H2,24,26,27);1H. The fourth-order valence-corrected chi connectivity index (χ4v) is 3.70. The first-order valence-electron chi connectivity index (χ1n) is 11.1. The average Bonchev–Trinajstić information content (AvgIpc) is 2.72. The van der Waals surface area contributed by atoms with E-state index < -0.39 is 0 Å². The lowest BCUT2D eigenvalue weighted by atomic mass is 9.96. The van der Waals surface area contributed by atoms with Gasteiger partial charge in [-0.25, -0.2) is 9.98 Å². The van der Waals surface area contributed by atoms with Crippen LogP contribution < -0.4 is 21.3 Å². The molecule has 0 spiro atoms. The number of hydrogen-bond acceptors (Lipinski definition) is 4. The molecule has 8 heteroatoms. The third-order valence-electron chi connectivity index (χ3n) is 5.44. The van der Waals surface area contributed by atoms with E-state index in [4.69, 9.17) is 10.7 Å². The second-order valence-corrected chi connectivity index (χ2v) is 7.89. The molecule has 1 saturated heterocycles. The highest BCUT2D eigenvalue weighted by Crippen LogP contribution is 2.24. The maximum Gasteiger partial charge on any atom is 0.220 e. The number of unbranched alkanes of at least 4 members (excludes halogenated alkanes) is 2. The van der Waals surface area contributed by atoms with Gasteiger partial charge in [-0.05, 0) is 39.2 Å². The largest absolute Gasteiger partial charge is 0.369 e. The molecule has 2 rings (SSSR count). The van der Waals surface area contributed by atoms with Gasteiger partial charge in [-0.2, -0.15) is 0 Å². The van der Waals surface area contributed by atoms with Crippen molar-refractivity contribution in [3.05, 3.63) is 23.9 Å². The SMILES string of the molecule is CCCCCC(C)NC(=NCc1cccnc1N1CCC(C(N)=O)CC1)NCC.I. The Morgan fingerprint density at radius 1 is 1.33 bits per heavy atom. The molecule has 1 aromatic heterocycles.